The second kappa shape index (κ2) is 4.03. The minimum Gasteiger partial charge on any atom is -0.299 e. The standard InChI is InChI=1S/C15H10N4O/c20-8-14-11-6-5-10(7-13(11)17-18-14)19-9-16-12-3-1-2-4-15(12)19/h1-9H,(H,17,18). The largest absolute Gasteiger partial charge is 0.299 e. The number of benzene rings is 2. The molecule has 0 aliphatic rings. The molecule has 0 atom stereocenters. The summed E-state index contributed by atoms with van der Waals surface area (Å²) in [4.78, 5) is 15.3. The van der Waals surface area contributed by atoms with Gasteiger partial charge in [-0.1, -0.05) is 12.1 Å². The summed E-state index contributed by atoms with van der Waals surface area (Å²) >= 11 is 0. The number of aromatic amines is 1. The van der Waals surface area contributed by atoms with E-state index in [0.717, 1.165) is 33.9 Å². The number of nitrogens with one attached hydrogen (secondary N) is 1. The molecule has 0 saturated carbocycles. The fourth-order valence-electron chi connectivity index (χ4n) is 2.43. The molecule has 5 nitrogen and oxygen atoms in total. The summed E-state index contributed by atoms with van der Waals surface area (Å²) in [5.74, 6) is 0. The molecule has 0 bridgehead atoms. The Hall–Kier alpha value is -2.95. The monoisotopic (exact) mass is 262 g/mol. The highest BCUT2D eigenvalue weighted by Crippen LogP contribution is 2.22. The molecule has 4 rings (SSSR count). The van der Waals surface area contributed by atoms with E-state index >= 15 is 0 Å². The van der Waals surface area contributed by atoms with Gasteiger partial charge in [0.25, 0.3) is 0 Å². The number of carbonyl (C=O) groups is 1. The van der Waals surface area contributed by atoms with Crippen molar-refractivity contribution in [2.45, 2.75) is 0 Å². The van der Waals surface area contributed by atoms with Crippen LogP contribution >= 0.6 is 0 Å². The van der Waals surface area contributed by atoms with Gasteiger partial charge in [-0.3, -0.25) is 14.5 Å². The normalized spacial score (nSPS) is 11.2. The molecule has 0 aliphatic heterocycles. The minimum absolute atomic E-state index is 0.502. The van der Waals surface area contributed by atoms with Crippen molar-refractivity contribution in [1.29, 1.82) is 0 Å². The lowest BCUT2D eigenvalue weighted by Crippen LogP contribution is -1.91. The number of fused-ring (bicyclic) bond motifs is 2. The molecular weight excluding hydrogens is 252 g/mol. The summed E-state index contributed by atoms with van der Waals surface area (Å²) in [6, 6.07) is 13.7. The average Bonchev–Trinajstić information content (AvgIpc) is 3.10. The number of aromatic nitrogens is 4. The van der Waals surface area contributed by atoms with Crippen molar-refractivity contribution in [3.63, 3.8) is 0 Å². The molecule has 0 aliphatic carbocycles. The molecule has 4 aromatic rings. The molecule has 0 saturated heterocycles. The van der Waals surface area contributed by atoms with Crippen molar-refractivity contribution in [2.24, 2.45) is 0 Å². The van der Waals surface area contributed by atoms with Gasteiger partial charge >= 0.3 is 0 Å². The number of rotatable bonds is 2. The van der Waals surface area contributed by atoms with E-state index in [0.29, 0.717) is 5.69 Å². The Morgan fingerprint density at radius 3 is 2.90 bits per heavy atom. The predicted octanol–water partition coefficient (Wildman–Crippen LogP) is 2.71. The third-order valence-electron chi connectivity index (χ3n) is 3.42. The van der Waals surface area contributed by atoms with E-state index in [2.05, 4.69) is 15.2 Å². The lowest BCUT2D eigenvalue weighted by molar-refractivity contribution is 0.112. The van der Waals surface area contributed by atoms with Crippen molar-refractivity contribution >= 4 is 28.2 Å². The molecule has 20 heavy (non-hydrogen) atoms. The molecule has 0 radical (unpaired) electrons. The molecule has 0 fully saturated rings. The summed E-state index contributed by atoms with van der Waals surface area (Å²) in [6.45, 7) is 0. The molecule has 0 unspecified atom stereocenters. The van der Waals surface area contributed by atoms with Crippen molar-refractivity contribution < 1.29 is 4.79 Å². The quantitative estimate of drug-likeness (QED) is 0.565. The topological polar surface area (TPSA) is 63.6 Å². The zero-order valence-corrected chi connectivity index (χ0v) is 10.4. The Morgan fingerprint density at radius 1 is 1.10 bits per heavy atom. The van der Waals surface area contributed by atoms with Crippen LogP contribution in [0, 0.1) is 0 Å². The third kappa shape index (κ3) is 1.46. The van der Waals surface area contributed by atoms with Gasteiger partial charge in [0.1, 0.15) is 12.0 Å². The Kier molecular flexibility index (Phi) is 2.20. The molecule has 5 heteroatoms. The second-order valence-electron chi connectivity index (χ2n) is 4.56. The van der Waals surface area contributed by atoms with Crippen LogP contribution in [0.2, 0.25) is 0 Å². The fourth-order valence-corrected chi connectivity index (χ4v) is 2.43. The Morgan fingerprint density at radius 2 is 2.00 bits per heavy atom. The first-order chi connectivity index (χ1) is 9.86. The zero-order chi connectivity index (χ0) is 13.5. The van der Waals surface area contributed by atoms with E-state index in [9.17, 15) is 4.79 Å². The van der Waals surface area contributed by atoms with Crippen LogP contribution in [-0.4, -0.2) is 26.0 Å². The number of H-pyrrole nitrogens is 1. The Bertz CT molecular complexity index is 935. The van der Waals surface area contributed by atoms with Gasteiger partial charge in [0.2, 0.25) is 0 Å². The summed E-state index contributed by atoms with van der Waals surface area (Å²) in [6.07, 6.45) is 2.57. The minimum atomic E-state index is 0.502. The summed E-state index contributed by atoms with van der Waals surface area (Å²) < 4.78 is 2.00. The molecule has 1 N–H and O–H groups in total. The maximum Gasteiger partial charge on any atom is 0.168 e. The van der Waals surface area contributed by atoms with E-state index in [1.807, 2.05) is 47.0 Å². The zero-order valence-electron chi connectivity index (χ0n) is 10.4. The number of hydrogen-bond donors (Lipinski definition) is 1. The van der Waals surface area contributed by atoms with Gasteiger partial charge in [-0.15, -0.1) is 0 Å². The van der Waals surface area contributed by atoms with E-state index in [-0.39, 0.29) is 0 Å². The van der Waals surface area contributed by atoms with Crippen LogP contribution in [0.4, 0.5) is 0 Å². The number of aldehydes is 1. The van der Waals surface area contributed by atoms with E-state index in [1.165, 1.54) is 0 Å². The van der Waals surface area contributed by atoms with Crippen LogP contribution in [-0.2, 0) is 0 Å². The third-order valence-corrected chi connectivity index (χ3v) is 3.42. The lowest BCUT2D eigenvalue weighted by atomic mass is 10.2. The molecule has 0 spiro atoms. The first-order valence-corrected chi connectivity index (χ1v) is 6.22. The highest BCUT2D eigenvalue weighted by Gasteiger charge is 2.08. The van der Waals surface area contributed by atoms with Crippen LogP contribution in [0.3, 0.4) is 0 Å². The van der Waals surface area contributed by atoms with E-state index in [1.54, 1.807) is 6.33 Å². The molecule has 2 aromatic carbocycles. The number of nitrogens with zero attached hydrogens (tertiary/aromatic N) is 3. The van der Waals surface area contributed by atoms with Crippen molar-refractivity contribution in [2.75, 3.05) is 0 Å². The SMILES string of the molecule is O=Cc1[nH]nc2cc(-n3cnc4ccccc43)ccc12. The Labute approximate surface area is 113 Å². The van der Waals surface area contributed by atoms with Gasteiger partial charge in [-0.2, -0.15) is 5.10 Å². The number of hydrogen-bond acceptors (Lipinski definition) is 3. The summed E-state index contributed by atoms with van der Waals surface area (Å²) in [5.41, 5.74) is 4.22. The van der Waals surface area contributed by atoms with Gasteiger partial charge in [0.05, 0.1) is 16.6 Å². The Balaban J connectivity index is 1.96. The van der Waals surface area contributed by atoms with E-state index in [4.69, 9.17) is 0 Å². The van der Waals surface area contributed by atoms with Crippen molar-refractivity contribution in [1.82, 2.24) is 19.7 Å². The van der Waals surface area contributed by atoms with Crippen LogP contribution < -0.4 is 0 Å². The van der Waals surface area contributed by atoms with Crippen molar-refractivity contribution in [3.05, 3.63) is 54.5 Å². The maximum atomic E-state index is 10.9. The molecular formula is C15H10N4O. The maximum absolute atomic E-state index is 10.9. The van der Waals surface area contributed by atoms with E-state index < -0.39 is 0 Å². The first-order valence-electron chi connectivity index (χ1n) is 6.22. The number of para-hydroxylation sites is 2. The second-order valence-corrected chi connectivity index (χ2v) is 4.56. The summed E-state index contributed by atoms with van der Waals surface area (Å²) in [7, 11) is 0. The van der Waals surface area contributed by atoms with Crippen LogP contribution in [0.15, 0.2) is 48.8 Å². The highest BCUT2D eigenvalue weighted by molar-refractivity contribution is 5.95. The highest BCUT2D eigenvalue weighted by atomic mass is 16.1. The summed E-state index contributed by atoms with van der Waals surface area (Å²) in [5, 5.41) is 7.71. The fraction of sp³-hybridized carbons (Fsp3) is 0. The van der Waals surface area contributed by atoms with Gasteiger partial charge in [0.15, 0.2) is 6.29 Å². The lowest BCUT2D eigenvalue weighted by Gasteiger charge is -2.03. The predicted molar refractivity (Wildman–Crippen MR) is 76.1 cm³/mol. The van der Waals surface area contributed by atoms with Gasteiger partial charge in [-0.05, 0) is 30.3 Å². The smallest absolute Gasteiger partial charge is 0.168 e. The first kappa shape index (κ1) is 10.9. The molecule has 96 valence electrons. The van der Waals surface area contributed by atoms with Crippen LogP contribution in [0.1, 0.15) is 10.5 Å². The van der Waals surface area contributed by atoms with Gasteiger partial charge in [0, 0.05) is 11.1 Å². The van der Waals surface area contributed by atoms with Crippen LogP contribution in [0.5, 0.6) is 0 Å². The molecule has 0 amide bonds. The molecule has 2 aromatic heterocycles. The number of imidazole rings is 1. The van der Waals surface area contributed by atoms with Crippen LogP contribution in [0.25, 0.3) is 27.6 Å². The molecule has 2 heterocycles. The van der Waals surface area contributed by atoms with Crippen molar-refractivity contribution in [3.8, 4) is 5.69 Å². The van der Waals surface area contributed by atoms with Gasteiger partial charge in [-0.25, -0.2) is 4.98 Å². The number of carbonyl (C=O) groups excluding carboxylic acids is 1. The average molecular weight is 262 g/mol. The van der Waals surface area contributed by atoms with Gasteiger partial charge < -0.3 is 0 Å².